The number of ether oxygens (including phenoxy) is 1. The van der Waals surface area contributed by atoms with E-state index in [1.807, 2.05) is 74.5 Å². The van der Waals surface area contributed by atoms with Crippen LogP contribution in [-0.4, -0.2) is 75.7 Å². The molecule has 6 rings (SSSR count). The van der Waals surface area contributed by atoms with Crippen molar-refractivity contribution in [1.29, 1.82) is 0 Å². The molecular formula is C37H43N5O3. The van der Waals surface area contributed by atoms with Crippen LogP contribution in [-0.2, 0) is 11.2 Å². The molecule has 0 bridgehead atoms. The summed E-state index contributed by atoms with van der Waals surface area (Å²) in [5.41, 5.74) is 4.03. The summed E-state index contributed by atoms with van der Waals surface area (Å²) >= 11 is 0. The molecule has 1 aromatic heterocycles. The standard InChI is InChI=1S/C37H43N5O3/c1-37(2,3)45-36(44)40-22-23-41(32(26-40)24-28-14-7-4-8-15-28)35(43)33-34(29-16-9-5-10-17-29)42(27-38-33)31-20-13-21-39(25-31)30-18-11-6-12-19-30/h4-12,14-19,27,31-32H,13,20-26H2,1-3H3/t31?,32-/m1/s1. The maximum Gasteiger partial charge on any atom is 0.410 e. The molecule has 0 spiro atoms. The lowest BCUT2D eigenvalue weighted by molar-refractivity contribution is 0.00429. The van der Waals surface area contributed by atoms with Gasteiger partial charge < -0.3 is 24.0 Å². The molecule has 2 aliphatic heterocycles. The zero-order valence-electron chi connectivity index (χ0n) is 26.5. The number of hydrogen-bond acceptors (Lipinski definition) is 5. The molecule has 2 saturated heterocycles. The molecule has 4 aromatic rings. The number of para-hydroxylation sites is 1. The van der Waals surface area contributed by atoms with Gasteiger partial charge in [-0.15, -0.1) is 0 Å². The number of benzene rings is 3. The second-order valence-corrected chi connectivity index (χ2v) is 13.1. The number of carbonyl (C=O) groups excluding carboxylic acids is 2. The molecule has 0 N–H and O–H groups in total. The number of amides is 2. The van der Waals surface area contributed by atoms with Gasteiger partial charge in [-0.3, -0.25) is 4.79 Å². The Morgan fingerprint density at radius 3 is 2.20 bits per heavy atom. The highest BCUT2D eigenvalue weighted by atomic mass is 16.6. The number of piperidine rings is 1. The minimum atomic E-state index is -0.592. The smallest absolute Gasteiger partial charge is 0.410 e. The van der Waals surface area contributed by atoms with Crippen molar-refractivity contribution in [3.05, 3.63) is 109 Å². The highest BCUT2D eigenvalue weighted by Gasteiger charge is 2.37. The molecular weight excluding hydrogens is 562 g/mol. The number of carbonyl (C=O) groups is 2. The Hall–Kier alpha value is -4.59. The number of aromatic nitrogens is 2. The predicted octanol–water partition coefficient (Wildman–Crippen LogP) is 6.70. The Labute approximate surface area is 266 Å². The Kier molecular flexibility index (Phi) is 8.92. The second kappa shape index (κ2) is 13.2. The fourth-order valence-electron chi connectivity index (χ4n) is 6.54. The summed E-state index contributed by atoms with van der Waals surface area (Å²) in [7, 11) is 0. The van der Waals surface area contributed by atoms with Gasteiger partial charge in [0.25, 0.3) is 5.91 Å². The van der Waals surface area contributed by atoms with Crippen molar-refractivity contribution in [3.63, 3.8) is 0 Å². The van der Waals surface area contributed by atoms with Gasteiger partial charge in [0.05, 0.1) is 24.1 Å². The Bertz CT molecular complexity index is 1580. The molecule has 2 aliphatic rings. The van der Waals surface area contributed by atoms with Gasteiger partial charge in [0.15, 0.2) is 5.69 Å². The van der Waals surface area contributed by atoms with Crippen LogP contribution in [0.25, 0.3) is 11.3 Å². The predicted molar refractivity (Wildman–Crippen MR) is 177 cm³/mol. The normalized spacial score (nSPS) is 19.0. The van der Waals surface area contributed by atoms with E-state index in [2.05, 4.69) is 58.0 Å². The van der Waals surface area contributed by atoms with Crippen molar-refractivity contribution in [2.75, 3.05) is 37.6 Å². The number of hydrogen-bond donors (Lipinski definition) is 0. The Morgan fingerprint density at radius 2 is 1.51 bits per heavy atom. The van der Waals surface area contributed by atoms with Crippen molar-refractivity contribution < 1.29 is 14.3 Å². The third-order valence-electron chi connectivity index (χ3n) is 8.66. The molecule has 234 valence electrons. The zero-order valence-corrected chi connectivity index (χ0v) is 26.5. The van der Waals surface area contributed by atoms with E-state index in [4.69, 9.17) is 9.72 Å². The van der Waals surface area contributed by atoms with Crippen LogP contribution >= 0.6 is 0 Å². The maximum atomic E-state index is 14.6. The van der Waals surface area contributed by atoms with E-state index in [0.717, 1.165) is 42.8 Å². The van der Waals surface area contributed by atoms with Crippen LogP contribution in [0.15, 0.2) is 97.3 Å². The molecule has 8 heteroatoms. The van der Waals surface area contributed by atoms with Crippen LogP contribution in [0.4, 0.5) is 10.5 Å². The lowest BCUT2D eigenvalue weighted by Gasteiger charge is -2.41. The highest BCUT2D eigenvalue weighted by molar-refractivity contribution is 5.98. The lowest BCUT2D eigenvalue weighted by Crippen LogP contribution is -2.58. The molecule has 0 aliphatic carbocycles. The summed E-state index contributed by atoms with van der Waals surface area (Å²) in [6.45, 7) is 8.68. The largest absolute Gasteiger partial charge is 0.444 e. The van der Waals surface area contributed by atoms with Crippen LogP contribution in [0.1, 0.15) is 55.7 Å². The van der Waals surface area contributed by atoms with Crippen LogP contribution in [0.2, 0.25) is 0 Å². The molecule has 0 radical (unpaired) electrons. The molecule has 2 atom stereocenters. The fraction of sp³-hybridized carbons (Fsp3) is 0.378. The van der Waals surface area contributed by atoms with E-state index >= 15 is 0 Å². The minimum Gasteiger partial charge on any atom is -0.444 e. The van der Waals surface area contributed by atoms with E-state index < -0.39 is 5.60 Å². The SMILES string of the molecule is CC(C)(C)OC(=O)N1CCN(C(=O)c2ncn(C3CCCN(c4ccccc4)C3)c2-c2ccccc2)[C@H](Cc2ccccc2)C1. The molecule has 8 nitrogen and oxygen atoms in total. The van der Waals surface area contributed by atoms with Gasteiger partial charge in [0, 0.05) is 44.0 Å². The average molecular weight is 606 g/mol. The van der Waals surface area contributed by atoms with Gasteiger partial charge in [-0.2, -0.15) is 0 Å². The summed E-state index contributed by atoms with van der Waals surface area (Å²) < 4.78 is 7.93. The van der Waals surface area contributed by atoms with Crippen molar-refractivity contribution in [3.8, 4) is 11.3 Å². The monoisotopic (exact) mass is 605 g/mol. The minimum absolute atomic E-state index is 0.104. The van der Waals surface area contributed by atoms with E-state index in [9.17, 15) is 9.59 Å². The van der Waals surface area contributed by atoms with Gasteiger partial charge in [0.1, 0.15) is 5.60 Å². The summed E-state index contributed by atoms with van der Waals surface area (Å²) in [6, 6.07) is 30.8. The summed E-state index contributed by atoms with van der Waals surface area (Å²) in [5, 5.41) is 0. The first kappa shape index (κ1) is 30.4. The molecule has 1 unspecified atom stereocenters. The number of nitrogens with zero attached hydrogens (tertiary/aromatic N) is 5. The van der Waals surface area contributed by atoms with Crippen molar-refractivity contribution in [2.45, 2.75) is 57.7 Å². The van der Waals surface area contributed by atoms with Crippen LogP contribution in [0, 0.1) is 0 Å². The van der Waals surface area contributed by atoms with Gasteiger partial charge in [-0.1, -0.05) is 78.9 Å². The molecule has 2 fully saturated rings. The molecule has 3 heterocycles. The summed E-state index contributed by atoms with van der Waals surface area (Å²) in [5.74, 6) is -0.104. The number of imidazole rings is 1. The van der Waals surface area contributed by atoms with E-state index in [1.165, 1.54) is 5.69 Å². The fourth-order valence-corrected chi connectivity index (χ4v) is 6.54. The molecule has 3 aromatic carbocycles. The number of anilines is 1. The highest BCUT2D eigenvalue weighted by Crippen LogP contribution is 2.33. The summed E-state index contributed by atoms with van der Waals surface area (Å²) in [6.07, 6.45) is 4.21. The topological polar surface area (TPSA) is 70.9 Å². The van der Waals surface area contributed by atoms with Crippen LogP contribution < -0.4 is 4.90 Å². The average Bonchev–Trinajstić information content (AvgIpc) is 3.50. The van der Waals surface area contributed by atoms with Gasteiger partial charge in [-0.25, -0.2) is 9.78 Å². The quantitative estimate of drug-likeness (QED) is 0.245. The van der Waals surface area contributed by atoms with E-state index in [-0.39, 0.29) is 24.1 Å². The Balaban J connectivity index is 1.32. The summed E-state index contributed by atoms with van der Waals surface area (Å²) in [4.78, 5) is 38.6. The van der Waals surface area contributed by atoms with Crippen molar-refractivity contribution in [1.82, 2.24) is 19.4 Å². The van der Waals surface area contributed by atoms with Gasteiger partial charge >= 0.3 is 6.09 Å². The van der Waals surface area contributed by atoms with E-state index in [1.54, 1.807) is 4.90 Å². The van der Waals surface area contributed by atoms with Crippen molar-refractivity contribution >= 4 is 17.7 Å². The maximum absolute atomic E-state index is 14.6. The van der Waals surface area contributed by atoms with Crippen molar-refractivity contribution in [2.24, 2.45) is 0 Å². The van der Waals surface area contributed by atoms with Crippen LogP contribution in [0.3, 0.4) is 0 Å². The third kappa shape index (κ3) is 7.06. The number of piperazine rings is 1. The van der Waals surface area contributed by atoms with Gasteiger partial charge in [-0.05, 0) is 57.7 Å². The molecule has 0 saturated carbocycles. The first-order valence-corrected chi connectivity index (χ1v) is 16.0. The first-order chi connectivity index (χ1) is 21.8. The number of rotatable bonds is 6. The Morgan fingerprint density at radius 1 is 0.844 bits per heavy atom. The molecule has 45 heavy (non-hydrogen) atoms. The lowest BCUT2D eigenvalue weighted by atomic mass is 10.00. The zero-order chi connectivity index (χ0) is 31.4. The first-order valence-electron chi connectivity index (χ1n) is 16.0. The van der Waals surface area contributed by atoms with E-state index in [0.29, 0.717) is 31.7 Å². The third-order valence-corrected chi connectivity index (χ3v) is 8.66. The van der Waals surface area contributed by atoms with Crippen LogP contribution in [0.5, 0.6) is 0 Å². The second-order valence-electron chi connectivity index (χ2n) is 13.1. The molecule has 2 amide bonds. The van der Waals surface area contributed by atoms with Gasteiger partial charge in [0.2, 0.25) is 0 Å².